The predicted octanol–water partition coefficient (Wildman–Crippen LogP) is 4.63. The monoisotopic (exact) mass is 367 g/mol. The van der Waals surface area contributed by atoms with Crippen LogP contribution in [0.15, 0.2) is 29.8 Å². The highest BCUT2D eigenvalue weighted by atomic mass is 32.1. The molecule has 26 heavy (non-hydrogen) atoms. The lowest BCUT2D eigenvalue weighted by Crippen LogP contribution is -2.27. The molecular weight excluding hydrogens is 342 g/mol. The van der Waals surface area contributed by atoms with Crippen molar-refractivity contribution < 1.29 is 9.90 Å². The van der Waals surface area contributed by atoms with Crippen molar-refractivity contribution in [2.24, 2.45) is 0 Å². The molecule has 0 unspecified atom stereocenters. The number of likely N-dealkylation sites (tertiary alicyclic amines) is 1. The van der Waals surface area contributed by atoms with Crippen LogP contribution in [0, 0.1) is 0 Å². The van der Waals surface area contributed by atoms with Crippen LogP contribution < -0.4 is 0 Å². The molecule has 1 aromatic carbocycles. The Bertz CT molecular complexity index is 884. The molecular formula is C22H25NO2S. The van der Waals surface area contributed by atoms with Crippen molar-refractivity contribution in [3.8, 4) is 0 Å². The number of aryl methyl sites for hydroxylation is 2. The third kappa shape index (κ3) is 2.91. The van der Waals surface area contributed by atoms with Crippen molar-refractivity contribution in [2.45, 2.75) is 39.0 Å². The molecule has 1 N–H and O–H groups in total. The summed E-state index contributed by atoms with van der Waals surface area (Å²) < 4.78 is 0. The molecule has 1 fully saturated rings. The van der Waals surface area contributed by atoms with Gasteiger partial charge in [-0.3, -0.25) is 0 Å². The van der Waals surface area contributed by atoms with E-state index in [1.54, 1.807) is 0 Å². The van der Waals surface area contributed by atoms with Gasteiger partial charge in [-0.2, -0.15) is 0 Å². The molecule has 4 heteroatoms. The average molecular weight is 368 g/mol. The van der Waals surface area contributed by atoms with Gasteiger partial charge in [0.15, 0.2) is 0 Å². The first-order valence-electron chi connectivity index (χ1n) is 9.47. The Kier molecular flexibility index (Phi) is 4.72. The predicted molar refractivity (Wildman–Crippen MR) is 107 cm³/mol. The minimum absolute atomic E-state index is 0.544. The van der Waals surface area contributed by atoms with Gasteiger partial charge in [-0.25, -0.2) is 4.79 Å². The number of carbonyl (C=O) groups is 1. The summed E-state index contributed by atoms with van der Waals surface area (Å²) in [5.41, 5.74) is 7.87. The normalized spacial score (nSPS) is 17.6. The number of aromatic carboxylic acids is 1. The Labute approximate surface area is 159 Å². The lowest BCUT2D eigenvalue weighted by atomic mass is 9.85. The van der Waals surface area contributed by atoms with Crippen LogP contribution in [0.1, 0.15) is 56.6 Å². The summed E-state index contributed by atoms with van der Waals surface area (Å²) in [6, 6.07) is 8.72. The number of thiophene rings is 1. The molecule has 3 nitrogen and oxygen atoms in total. The Morgan fingerprint density at radius 1 is 1.15 bits per heavy atom. The van der Waals surface area contributed by atoms with Gasteiger partial charge in [-0.15, -0.1) is 11.3 Å². The first kappa shape index (κ1) is 17.5. The lowest BCUT2D eigenvalue weighted by Gasteiger charge is -2.27. The number of carboxylic acids is 1. The van der Waals surface area contributed by atoms with E-state index in [2.05, 4.69) is 43.1 Å². The van der Waals surface area contributed by atoms with E-state index in [4.69, 9.17) is 0 Å². The average Bonchev–Trinajstić information content (AvgIpc) is 2.93. The van der Waals surface area contributed by atoms with E-state index in [-0.39, 0.29) is 0 Å². The Morgan fingerprint density at radius 2 is 1.88 bits per heavy atom. The quantitative estimate of drug-likeness (QED) is 0.841. The van der Waals surface area contributed by atoms with Gasteiger partial charge in [-0.1, -0.05) is 36.8 Å². The van der Waals surface area contributed by atoms with E-state index in [0.29, 0.717) is 4.88 Å². The highest BCUT2D eigenvalue weighted by Gasteiger charge is 2.29. The lowest BCUT2D eigenvalue weighted by molar-refractivity contribution is 0.0701. The fraction of sp³-hybridized carbons (Fsp3) is 0.409. The molecule has 0 amide bonds. The fourth-order valence-electron chi connectivity index (χ4n) is 4.36. The van der Waals surface area contributed by atoms with Crippen molar-refractivity contribution in [1.29, 1.82) is 0 Å². The van der Waals surface area contributed by atoms with Gasteiger partial charge in [0.05, 0.1) is 0 Å². The largest absolute Gasteiger partial charge is 0.477 e. The molecule has 2 aromatic rings. The van der Waals surface area contributed by atoms with Crippen LogP contribution in [0.4, 0.5) is 0 Å². The Morgan fingerprint density at radius 3 is 2.58 bits per heavy atom. The summed E-state index contributed by atoms with van der Waals surface area (Å²) in [7, 11) is 2.18. The SMILES string of the molecule is CCc1c(C(=O)O)sc2c1C(=C1CCN(C)CC1)c1ccccc1CC2. The van der Waals surface area contributed by atoms with E-state index < -0.39 is 5.97 Å². The van der Waals surface area contributed by atoms with Crippen molar-refractivity contribution in [3.63, 3.8) is 0 Å². The van der Waals surface area contributed by atoms with Crippen LogP contribution in [0.25, 0.3) is 5.57 Å². The maximum Gasteiger partial charge on any atom is 0.346 e. The van der Waals surface area contributed by atoms with Gasteiger partial charge in [0, 0.05) is 23.5 Å². The number of hydrogen-bond donors (Lipinski definition) is 1. The highest BCUT2D eigenvalue weighted by Crippen LogP contribution is 2.44. The first-order chi connectivity index (χ1) is 12.6. The molecule has 0 spiro atoms. The second-order valence-electron chi connectivity index (χ2n) is 7.31. The number of rotatable bonds is 2. The van der Waals surface area contributed by atoms with Crippen molar-refractivity contribution in [3.05, 3.63) is 61.8 Å². The molecule has 1 aliphatic heterocycles. The Hall–Kier alpha value is -1.91. The molecule has 2 aliphatic rings. The molecule has 1 saturated heterocycles. The standard InChI is InChI=1S/C22H25NO2S/c1-3-16-20-18(26-21(16)22(24)25)9-8-14-6-4-5-7-17(14)19(20)15-10-12-23(2)13-11-15/h4-7H,3,8-13H2,1-2H3,(H,24,25). The summed E-state index contributed by atoms with van der Waals surface area (Å²) in [6.45, 7) is 4.24. The van der Waals surface area contributed by atoms with E-state index in [9.17, 15) is 9.90 Å². The van der Waals surface area contributed by atoms with Crippen LogP contribution in [0.3, 0.4) is 0 Å². The molecule has 1 aromatic heterocycles. The van der Waals surface area contributed by atoms with Crippen LogP contribution in [0.2, 0.25) is 0 Å². The third-order valence-corrected chi connectivity index (χ3v) is 7.01. The summed E-state index contributed by atoms with van der Waals surface area (Å²) >= 11 is 1.50. The maximum absolute atomic E-state index is 11.8. The number of benzene rings is 1. The van der Waals surface area contributed by atoms with Crippen molar-refractivity contribution in [2.75, 3.05) is 20.1 Å². The zero-order valence-electron chi connectivity index (χ0n) is 15.5. The zero-order chi connectivity index (χ0) is 18.3. The second kappa shape index (κ2) is 7.01. The minimum atomic E-state index is -0.777. The summed E-state index contributed by atoms with van der Waals surface area (Å²) in [4.78, 5) is 16.0. The smallest absolute Gasteiger partial charge is 0.346 e. The van der Waals surface area contributed by atoms with Gasteiger partial charge in [0.25, 0.3) is 0 Å². The molecule has 136 valence electrons. The van der Waals surface area contributed by atoms with E-state index in [1.807, 2.05) is 0 Å². The second-order valence-corrected chi connectivity index (χ2v) is 8.41. The highest BCUT2D eigenvalue weighted by molar-refractivity contribution is 7.14. The van der Waals surface area contributed by atoms with Gasteiger partial charge in [-0.05, 0) is 61.4 Å². The zero-order valence-corrected chi connectivity index (χ0v) is 16.3. The Balaban J connectivity index is 2.00. The topological polar surface area (TPSA) is 40.5 Å². The van der Waals surface area contributed by atoms with E-state index >= 15 is 0 Å². The molecule has 2 heterocycles. The molecule has 1 aliphatic carbocycles. The van der Waals surface area contributed by atoms with E-state index in [1.165, 1.54) is 44.1 Å². The number of hydrogen-bond acceptors (Lipinski definition) is 3. The molecule has 0 atom stereocenters. The fourth-order valence-corrected chi connectivity index (χ4v) is 5.60. The van der Waals surface area contributed by atoms with Gasteiger partial charge in [0.2, 0.25) is 0 Å². The first-order valence-corrected chi connectivity index (χ1v) is 10.3. The minimum Gasteiger partial charge on any atom is -0.477 e. The van der Waals surface area contributed by atoms with Crippen LogP contribution in [-0.4, -0.2) is 36.1 Å². The number of piperidine rings is 1. The summed E-state index contributed by atoms with van der Waals surface area (Å²) in [5, 5.41) is 9.73. The number of fused-ring (bicyclic) bond motifs is 2. The van der Waals surface area contributed by atoms with Crippen molar-refractivity contribution in [1.82, 2.24) is 4.90 Å². The molecule has 4 rings (SSSR count). The van der Waals surface area contributed by atoms with Crippen LogP contribution in [0.5, 0.6) is 0 Å². The van der Waals surface area contributed by atoms with Crippen molar-refractivity contribution >= 4 is 22.9 Å². The summed E-state index contributed by atoms with van der Waals surface area (Å²) in [6.07, 6.45) is 4.84. The van der Waals surface area contributed by atoms with Gasteiger partial charge in [0.1, 0.15) is 4.88 Å². The number of nitrogens with zero attached hydrogens (tertiary/aromatic N) is 1. The molecule has 0 saturated carbocycles. The van der Waals surface area contributed by atoms with E-state index in [0.717, 1.165) is 50.8 Å². The molecule has 0 bridgehead atoms. The third-order valence-electron chi connectivity index (χ3n) is 5.73. The number of carboxylic acid groups (broad SMARTS) is 1. The summed E-state index contributed by atoms with van der Waals surface area (Å²) in [5.74, 6) is -0.777. The van der Waals surface area contributed by atoms with Crippen LogP contribution >= 0.6 is 11.3 Å². The maximum atomic E-state index is 11.8. The van der Waals surface area contributed by atoms with Gasteiger partial charge < -0.3 is 10.0 Å². The molecule has 0 radical (unpaired) electrons. The van der Waals surface area contributed by atoms with Gasteiger partial charge >= 0.3 is 5.97 Å². The van der Waals surface area contributed by atoms with Crippen LogP contribution in [-0.2, 0) is 19.3 Å².